The molecule has 3 aromatic carbocycles. The number of thiazole rings is 1. The largest absolute Gasteiger partial charge is 0.283 e. The summed E-state index contributed by atoms with van der Waals surface area (Å²) in [7, 11) is 0. The number of anilines is 1. The van der Waals surface area contributed by atoms with Crippen LogP contribution in [0.5, 0.6) is 0 Å². The number of fused-ring (bicyclic) bond motifs is 1. The number of amides is 1. The number of benzene rings is 3. The van der Waals surface area contributed by atoms with Gasteiger partial charge in [0.25, 0.3) is 0 Å². The molecule has 0 radical (unpaired) electrons. The van der Waals surface area contributed by atoms with Crippen molar-refractivity contribution in [2.45, 2.75) is 26.8 Å². The van der Waals surface area contributed by atoms with Gasteiger partial charge in [-0.3, -0.25) is 9.69 Å². The third kappa shape index (κ3) is 4.35. The molecule has 4 aromatic rings. The molecule has 4 rings (SSSR count). The Hall–Kier alpha value is -3.05. The van der Waals surface area contributed by atoms with Gasteiger partial charge in [0.15, 0.2) is 5.13 Å². The standard InChI is InChI=1S/C24H21FN2OS/c1-16-8-9-19(17(2)12-16)13-23(28)27(15-18-6-4-3-5-7-18)24-26-21-11-10-20(25)14-22(21)29-24/h3-12,14H,13,15H2,1-2H3. The Labute approximate surface area is 173 Å². The lowest BCUT2D eigenvalue weighted by Gasteiger charge is -2.20. The minimum atomic E-state index is -0.302. The Bertz CT molecular complexity index is 1170. The molecule has 3 nitrogen and oxygen atoms in total. The average molecular weight is 405 g/mol. The number of aromatic nitrogens is 1. The van der Waals surface area contributed by atoms with E-state index in [9.17, 15) is 9.18 Å². The molecule has 1 amide bonds. The van der Waals surface area contributed by atoms with E-state index in [-0.39, 0.29) is 11.7 Å². The van der Waals surface area contributed by atoms with Crippen LogP contribution in [-0.4, -0.2) is 10.9 Å². The van der Waals surface area contributed by atoms with Gasteiger partial charge in [-0.2, -0.15) is 0 Å². The summed E-state index contributed by atoms with van der Waals surface area (Å²) >= 11 is 1.34. The molecule has 146 valence electrons. The number of nitrogens with zero attached hydrogens (tertiary/aromatic N) is 2. The van der Waals surface area contributed by atoms with Crippen LogP contribution in [0.25, 0.3) is 10.2 Å². The SMILES string of the molecule is Cc1ccc(CC(=O)N(Cc2ccccc2)c2nc3ccc(F)cc3s2)c(C)c1. The van der Waals surface area contributed by atoms with Crippen LogP contribution in [0.1, 0.15) is 22.3 Å². The molecule has 0 saturated heterocycles. The maximum Gasteiger partial charge on any atom is 0.233 e. The minimum Gasteiger partial charge on any atom is -0.283 e. The van der Waals surface area contributed by atoms with E-state index in [1.54, 1.807) is 11.0 Å². The summed E-state index contributed by atoms with van der Waals surface area (Å²) in [6.07, 6.45) is 0.295. The summed E-state index contributed by atoms with van der Waals surface area (Å²) in [5.41, 5.74) is 5.00. The van der Waals surface area contributed by atoms with E-state index in [4.69, 9.17) is 0 Å². The zero-order valence-corrected chi connectivity index (χ0v) is 17.2. The van der Waals surface area contributed by atoms with Gasteiger partial charge in [0.1, 0.15) is 5.82 Å². The maximum atomic E-state index is 13.6. The van der Waals surface area contributed by atoms with Gasteiger partial charge in [-0.1, -0.05) is 65.4 Å². The van der Waals surface area contributed by atoms with Crippen LogP contribution in [0.4, 0.5) is 9.52 Å². The summed E-state index contributed by atoms with van der Waals surface area (Å²) in [6.45, 7) is 4.49. The number of rotatable bonds is 5. The normalized spacial score (nSPS) is 11.0. The second-order valence-corrected chi connectivity index (χ2v) is 8.19. The molecule has 0 N–H and O–H groups in total. The van der Waals surface area contributed by atoms with Crippen LogP contribution in [-0.2, 0) is 17.8 Å². The Balaban J connectivity index is 1.69. The number of aryl methyl sites for hydroxylation is 2. The lowest BCUT2D eigenvalue weighted by molar-refractivity contribution is -0.118. The fourth-order valence-electron chi connectivity index (χ4n) is 3.33. The second kappa shape index (κ2) is 8.13. The predicted octanol–water partition coefficient (Wildman–Crippen LogP) is 5.83. The van der Waals surface area contributed by atoms with E-state index < -0.39 is 0 Å². The van der Waals surface area contributed by atoms with Crippen LogP contribution >= 0.6 is 11.3 Å². The van der Waals surface area contributed by atoms with Crippen LogP contribution in [0.2, 0.25) is 0 Å². The lowest BCUT2D eigenvalue weighted by atomic mass is 10.0. The first-order valence-corrected chi connectivity index (χ1v) is 10.3. The number of halogens is 1. The van der Waals surface area contributed by atoms with Crippen LogP contribution < -0.4 is 4.90 Å². The van der Waals surface area contributed by atoms with Gasteiger partial charge in [0, 0.05) is 0 Å². The van der Waals surface area contributed by atoms with Crippen molar-refractivity contribution in [2.24, 2.45) is 0 Å². The highest BCUT2D eigenvalue weighted by atomic mass is 32.1. The zero-order chi connectivity index (χ0) is 20.4. The van der Waals surface area contributed by atoms with Crippen molar-refractivity contribution in [3.8, 4) is 0 Å². The molecule has 0 unspecified atom stereocenters. The maximum absolute atomic E-state index is 13.6. The van der Waals surface area contributed by atoms with E-state index in [1.807, 2.05) is 56.3 Å². The van der Waals surface area contributed by atoms with Crippen molar-refractivity contribution >= 4 is 32.6 Å². The Kier molecular flexibility index (Phi) is 5.41. The van der Waals surface area contributed by atoms with E-state index >= 15 is 0 Å². The molecule has 0 aliphatic carbocycles. The molecule has 1 heterocycles. The highest BCUT2D eigenvalue weighted by Gasteiger charge is 2.21. The smallest absolute Gasteiger partial charge is 0.233 e. The van der Waals surface area contributed by atoms with Crippen molar-refractivity contribution in [3.63, 3.8) is 0 Å². The molecule has 5 heteroatoms. The number of hydrogen-bond donors (Lipinski definition) is 0. The van der Waals surface area contributed by atoms with Gasteiger partial charge in [0.05, 0.1) is 23.2 Å². The third-order valence-corrected chi connectivity index (χ3v) is 5.94. The zero-order valence-electron chi connectivity index (χ0n) is 16.4. The second-order valence-electron chi connectivity index (χ2n) is 7.18. The third-order valence-electron chi connectivity index (χ3n) is 4.89. The molecule has 0 fully saturated rings. The lowest BCUT2D eigenvalue weighted by Crippen LogP contribution is -2.31. The molecule has 0 bridgehead atoms. The molecule has 0 aliphatic rings. The number of carbonyl (C=O) groups is 1. The molecule has 1 aromatic heterocycles. The summed E-state index contributed by atoms with van der Waals surface area (Å²) in [5, 5.41) is 0.587. The van der Waals surface area contributed by atoms with Crippen LogP contribution in [0.15, 0.2) is 66.7 Å². The summed E-state index contributed by atoms with van der Waals surface area (Å²) in [4.78, 5) is 19.6. The fraction of sp³-hybridized carbons (Fsp3) is 0.167. The molecular weight excluding hydrogens is 383 g/mol. The molecular formula is C24H21FN2OS. The number of hydrogen-bond acceptors (Lipinski definition) is 3. The van der Waals surface area contributed by atoms with Crippen molar-refractivity contribution in [3.05, 3.63) is 94.8 Å². The van der Waals surface area contributed by atoms with Crippen molar-refractivity contribution in [1.82, 2.24) is 4.98 Å². The van der Waals surface area contributed by atoms with Crippen molar-refractivity contribution < 1.29 is 9.18 Å². The van der Waals surface area contributed by atoms with Gasteiger partial charge in [-0.05, 0) is 48.7 Å². The quantitative estimate of drug-likeness (QED) is 0.419. The molecule has 0 aliphatic heterocycles. The Morgan fingerprint density at radius 1 is 1.03 bits per heavy atom. The monoisotopic (exact) mass is 404 g/mol. The van der Waals surface area contributed by atoms with E-state index in [2.05, 4.69) is 11.1 Å². The fourth-order valence-corrected chi connectivity index (χ4v) is 4.34. The predicted molar refractivity (Wildman–Crippen MR) is 117 cm³/mol. The average Bonchev–Trinajstić information content (AvgIpc) is 3.11. The van der Waals surface area contributed by atoms with Crippen molar-refractivity contribution in [1.29, 1.82) is 0 Å². The first-order valence-electron chi connectivity index (χ1n) is 9.46. The molecule has 0 saturated carbocycles. The van der Waals surface area contributed by atoms with Gasteiger partial charge in [-0.15, -0.1) is 0 Å². The van der Waals surface area contributed by atoms with Gasteiger partial charge < -0.3 is 0 Å². The van der Waals surface area contributed by atoms with E-state index in [0.717, 1.165) is 21.4 Å². The van der Waals surface area contributed by atoms with Gasteiger partial charge >= 0.3 is 0 Å². The molecule has 0 spiro atoms. The highest BCUT2D eigenvalue weighted by molar-refractivity contribution is 7.22. The summed E-state index contributed by atoms with van der Waals surface area (Å²) in [5.74, 6) is -0.329. The first-order chi connectivity index (χ1) is 14.0. The van der Waals surface area contributed by atoms with E-state index in [1.165, 1.54) is 29.0 Å². The Morgan fingerprint density at radius 3 is 2.59 bits per heavy atom. The topological polar surface area (TPSA) is 33.2 Å². The van der Waals surface area contributed by atoms with Gasteiger partial charge in [0.2, 0.25) is 5.91 Å². The van der Waals surface area contributed by atoms with Gasteiger partial charge in [-0.25, -0.2) is 9.37 Å². The molecule has 0 atom stereocenters. The minimum absolute atomic E-state index is 0.0275. The molecule has 29 heavy (non-hydrogen) atoms. The summed E-state index contributed by atoms with van der Waals surface area (Å²) in [6, 6.07) is 20.5. The van der Waals surface area contributed by atoms with Crippen LogP contribution in [0.3, 0.4) is 0 Å². The first kappa shape index (κ1) is 19.3. The van der Waals surface area contributed by atoms with Crippen molar-refractivity contribution in [2.75, 3.05) is 4.90 Å². The number of carbonyl (C=O) groups excluding carboxylic acids is 1. The van der Waals surface area contributed by atoms with Crippen LogP contribution in [0, 0.1) is 19.7 Å². The highest BCUT2D eigenvalue weighted by Crippen LogP contribution is 2.31. The Morgan fingerprint density at radius 2 is 1.83 bits per heavy atom. The van der Waals surface area contributed by atoms with E-state index in [0.29, 0.717) is 23.6 Å². The summed E-state index contributed by atoms with van der Waals surface area (Å²) < 4.78 is 14.3.